The first-order valence-electron chi connectivity index (χ1n) is 15.5. The normalized spacial score (nSPS) is 13.9. The quantitative estimate of drug-likeness (QED) is 0.136. The van der Waals surface area contributed by atoms with E-state index in [-0.39, 0.29) is 11.6 Å². The van der Waals surface area contributed by atoms with Gasteiger partial charge in [-0.15, -0.1) is 6.42 Å². The van der Waals surface area contributed by atoms with E-state index in [0.29, 0.717) is 11.5 Å². The van der Waals surface area contributed by atoms with Gasteiger partial charge in [0.15, 0.2) is 0 Å². The van der Waals surface area contributed by atoms with Gasteiger partial charge in [-0.05, 0) is 24.3 Å². The van der Waals surface area contributed by atoms with Gasteiger partial charge in [-0.1, -0.05) is 5.92 Å². The van der Waals surface area contributed by atoms with Crippen LogP contribution in [0.2, 0.25) is 13.3 Å². The molecule has 1 aromatic heterocycles. The fraction of sp³-hybridized carbons (Fsp3) is 0.529. The summed E-state index contributed by atoms with van der Waals surface area (Å²) in [5, 5.41) is 9.78. The van der Waals surface area contributed by atoms with Crippen LogP contribution in [0.25, 0.3) is 11.3 Å². The third kappa shape index (κ3) is 9.92. The van der Waals surface area contributed by atoms with Crippen molar-refractivity contribution in [2.24, 2.45) is 5.92 Å². The molecule has 222 valence electrons. The number of benzene rings is 2. The molecule has 1 fully saturated rings. The van der Waals surface area contributed by atoms with E-state index in [1.807, 2.05) is 12.1 Å². The van der Waals surface area contributed by atoms with Crippen molar-refractivity contribution in [3.63, 3.8) is 0 Å². The number of unbranched alkanes of at least 4 members (excludes halogenated alkanes) is 3. The standard InChI is InChI=1S/C14H15FN3O.C8H5F.3C4H9.Sn/c15-13-3-1-12(2-4-13)14-9-16-17-18(14)10-11-5-7-19-8-6-11;1-2-7-3-5-8(9)6-4-7;3*1-3-4-2;/h1-4,11H,5-8,10H2;1,3-6H;3*1,3-4H2,2H3;. The molecular formula is C34H47F2N3OSn. The molecule has 0 spiro atoms. The van der Waals surface area contributed by atoms with Gasteiger partial charge in [-0.2, -0.15) is 0 Å². The zero-order chi connectivity index (χ0) is 29.5. The summed E-state index contributed by atoms with van der Waals surface area (Å²) in [5.41, 5.74) is 3.00. The molecule has 2 heterocycles. The van der Waals surface area contributed by atoms with Crippen molar-refractivity contribution >= 4 is 22.1 Å². The van der Waals surface area contributed by atoms with E-state index < -0.39 is 18.4 Å². The molecule has 1 saturated heterocycles. The number of ether oxygens (including phenoxy) is 1. The molecule has 0 saturated carbocycles. The Morgan fingerprint density at radius 1 is 0.854 bits per heavy atom. The molecule has 0 unspecified atom stereocenters. The van der Waals surface area contributed by atoms with Gasteiger partial charge >= 0.3 is 199 Å². The second kappa shape index (κ2) is 17.7. The van der Waals surface area contributed by atoms with Crippen LogP contribution in [0.15, 0.2) is 48.5 Å². The van der Waals surface area contributed by atoms with Crippen molar-refractivity contribution in [3.8, 4) is 23.6 Å². The van der Waals surface area contributed by atoms with Crippen LogP contribution in [0, 0.1) is 29.9 Å². The van der Waals surface area contributed by atoms with Crippen LogP contribution in [0.1, 0.15) is 77.7 Å². The van der Waals surface area contributed by atoms with E-state index in [1.54, 1.807) is 24.3 Å². The number of rotatable bonds is 13. The van der Waals surface area contributed by atoms with E-state index in [2.05, 4.69) is 31.4 Å². The molecule has 4 rings (SSSR count). The first kappa shape index (κ1) is 33.3. The number of aromatic nitrogens is 3. The fourth-order valence-corrected chi connectivity index (χ4v) is 21.6. The van der Waals surface area contributed by atoms with Crippen LogP contribution < -0.4 is 3.71 Å². The molecule has 7 heteroatoms. The Labute approximate surface area is 250 Å². The van der Waals surface area contributed by atoms with Crippen molar-refractivity contribution < 1.29 is 13.5 Å². The Kier molecular flexibility index (Phi) is 14.3. The van der Waals surface area contributed by atoms with Crippen molar-refractivity contribution in [1.82, 2.24) is 15.0 Å². The monoisotopic (exact) mass is 671 g/mol. The van der Waals surface area contributed by atoms with Gasteiger partial charge in [0.05, 0.1) is 0 Å². The molecule has 0 bridgehead atoms. The Bertz CT molecular complexity index is 1180. The maximum atomic E-state index is 13.8. The van der Waals surface area contributed by atoms with Crippen LogP contribution >= 0.6 is 0 Å². The Balaban J connectivity index is 0.000000436. The first-order valence-corrected chi connectivity index (χ1v) is 22.9. The molecule has 1 aliphatic heterocycles. The van der Waals surface area contributed by atoms with Gasteiger partial charge in [-0.25, -0.2) is 4.39 Å². The molecule has 0 aliphatic carbocycles. The van der Waals surface area contributed by atoms with E-state index in [1.165, 1.54) is 73.4 Å². The summed E-state index contributed by atoms with van der Waals surface area (Å²) in [7, 11) is 0. The predicted octanol–water partition coefficient (Wildman–Crippen LogP) is 8.37. The Hall–Kier alpha value is -2.24. The average molecular weight is 670 g/mol. The van der Waals surface area contributed by atoms with Crippen molar-refractivity contribution in [1.29, 1.82) is 0 Å². The summed E-state index contributed by atoms with van der Waals surface area (Å²) < 4.78 is 39.1. The molecule has 0 atom stereocenters. The molecule has 0 N–H and O–H groups in total. The van der Waals surface area contributed by atoms with Gasteiger partial charge < -0.3 is 0 Å². The SMILES string of the molecule is C#Cc1ccc(F)cc1.CCC[CH2][Sn]([CH2]CCC)([CH2]CCC)[c]1nnn(CC2CCOCC2)c1-c1ccc(F)cc1. The van der Waals surface area contributed by atoms with E-state index in [9.17, 15) is 8.78 Å². The van der Waals surface area contributed by atoms with Gasteiger partial charge in [0, 0.05) is 5.56 Å². The second-order valence-electron chi connectivity index (χ2n) is 11.3. The van der Waals surface area contributed by atoms with Crippen LogP contribution in [-0.2, 0) is 11.3 Å². The third-order valence-electron chi connectivity index (χ3n) is 8.16. The third-order valence-corrected chi connectivity index (χ3v) is 23.2. The summed E-state index contributed by atoms with van der Waals surface area (Å²) in [5.74, 6) is 2.52. The number of terminal acetylenes is 1. The Morgan fingerprint density at radius 3 is 1.85 bits per heavy atom. The van der Waals surface area contributed by atoms with Gasteiger partial charge in [0.1, 0.15) is 5.82 Å². The zero-order valence-electron chi connectivity index (χ0n) is 25.2. The first-order chi connectivity index (χ1) is 20.0. The number of halogens is 2. The molecule has 41 heavy (non-hydrogen) atoms. The van der Waals surface area contributed by atoms with Crippen LogP contribution in [0.3, 0.4) is 0 Å². The maximum absolute atomic E-state index is 13.8. The summed E-state index contributed by atoms with van der Waals surface area (Å²) in [4.78, 5) is 0. The van der Waals surface area contributed by atoms with E-state index in [4.69, 9.17) is 21.5 Å². The number of nitrogens with zero attached hydrogens (tertiary/aromatic N) is 3. The molecule has 2 aromatic carbocycles. The van der Waals surface area contributed by atoms with Crippen molar-refractivity contribution in [2.45, 2.75) is 92.0 Å². The van der Waals surface area contributed by atoms with Crippen LogP contribution in [0.5, 0.6) is 0 Å². The van der Waals surface area contributed by atoms with Crippen molar-refractivity contribution in [3.05, 3.63) is 65.7 Å². The summed E-state index contributed by atoms with van der Waals surface area (Å²) in [6, 6.07) is 12.9. The van der Waals surface area contributed by atoms with Crippen molar-refractivity contribution in [2.75, 3.05) is 13.2 Å². The van der Waals surface area contributed by atoms with E-state index >= 15 is 0 Å². The summed E-state index contributed by atoms with van der Waals surface area (Å²) in [6.07, 6.45) is 14.8. The summed E-state index contributed by atoms with van der Waals surface area (Å²) >= 11 is -2.79. The summed E-state index contributed by atoms with van der Waals surface area (Å²) in [6.45, 7) is 9.48. The number of hydrogen-bond donors (Lipinski definition) is 0. The fourth-order valence-electron chi connectivity index (χ4n) is 5.69. The average Bonchev–Trinajstić information content (AvgIpc) is 3.42. The van der Waals surface area contributed by atoms with Gasteiger partial charge in [-0.3, -0.25) is 0 Å². The van der Waals surface area contributed by atoms with Crippen LogP contribution in [0.4, 0.5) is 8.78 Å². The molecule has 0 radical (unpaired) electrons. The minimum atomic E-state index is -2.79. The number of hydrogen-bond acceptors (Lipinski definition) is 3. The molecular weight excluding hydrogens is 623 g/mol. The topological polar surface area (TPSA) is 39.9 Å². The van der Waals surface area contributed by atoms with E-state index in [0.717, 1.165) is 38.2 Å². The minimum absolute atomic E-state index is 0.184. The molecule has 1 aliphatic rings. The van der Waals surface area contributed by atoms with Gasteiger partial charge in [0.25, 0.3) is 0 Å². The zero-order valence-corrected chi connectivity index (χ0v) is 28.0. The molecule has 4 nitrogen and oxygen atoms in total. The predicted molar refractivity (Wildman–Crippen MR) is 168 cm³/mol. The molecule has 0 amide bonds. The Morgan fingerprint density at radius 2 is 1.37 bits per heavy atom. The van der Waals surface area contributed by atoms with Crippen LogP contribution in [-0.4, -0.2) is 46.6 Å². The molecule has 3 aromatic rings. The second-order valence-corrected chi connectivity index (χ2v) is 24.2. The van der Waals surface area contributed by atoms with Gasteiger partial charge in [0.2, 0.25) is 0 Å².